The Balaban J connectivity index is 1.88. The number of aromatic nitrogens is 2. The van der Waals surface area contributed by atoms with Crippen LogP contribution in [0.4, 0.5) is 0 Å². The predicted octanol–water partition coefficient (Wildman–Crippen LogP) is 4.69. The van der Waals surface area contributed by atoms with Gasteiger partial charge in [0.05, 0.1) is 38.2 Å². The zero-order valence-corrected chi connectivity index (χ0v) is 20.1. The van der Waals surface area contributed by atoms with Crippen molar-refractivity contribution < 1.29 is 19.0 Å². The number of para-hydroxylation sites is 1. The van der Waals surface area contributed by atoms with Crippen molar-refractivity contribution >= 4 is 28.4 Å². The lowest BCUT2D eigenvalue weighted by Gasteiger charge is -2.17. The average Bonchev–Trinajstić information content (AvgIpc) is 2.87. The second-order valence-electron chi connectivity index (χ2n) is 7.49. The molecule has 174 valence electrons. The van der Waals surface area contributed by atoms with E-state index in [9.17, 15) is 9.59 Å². The summed E-state index contributed by atoms with van der Waals surface area (Å²) < 4.78 is 18.0. The van der Waals surface area contributed by atoms with Crippen LogP contribution in [0.5, 0.6) is 17.2 Å². The monoisotopic (exact) mass is 476 g/mol. The number of thioether (sulfide) groups is 1. The van der Waals surface area contributed by atoms with Crippen LogP contribution in [0.1, 0.15) is 15.9 Å². The second-order valence-corrected chi connectivity index (χ2v) is 8.43. The second kappa shape index (κ2) is 10.0. The summed E-state index contributed by atoms with van der Waals surface area (Å²) in [7, 11) is 4.47. The SMILES string of the molecule is COc1cc2c(=O)n(-c3ccccc3)c(SCC(=O)c3ccc(C)cc3)nc2c(OC)c1OC. The maximum atomic E-state index is 13.7. The number of ketones is 1. The molecule has 0 saturated carbocycles. The van der Waals surface area contributed by atoms with Gasteiger partial charge in [-0.1, -0.05) is 59.8 Å². The maximum Gasteiger partial charge on any atom is 0.266 e. The van der Waals surface area contributed by atoms with Crippen LogP contribution in [-0.2, 0) is 0 Å². The van der Waals surface area contributed by atoms with Crippen LogP contribution < -0.4 is 19.8 Å². The van der Waals surface area contributed by atoms with Gasteiger partial charge in [0.15, 0.2) is 22.4 Å². The van der Waals surface area contributed by atoms with Crippen molar-refractivity contribution in [1.82, 2.24) is 9.55 Å². The van der Waals surface area contributed by atoms with E-state index in [0.29, 0.717) is 44.6 Å². The molecule has 0 aliphatic rings. The number of nitrogens with zero attached hydrogens (tertiary/aromatic N) is 2. The van der Waals surface area contributed by atoms with Crippen molar-refractivity contribution in [2.45, 2.75) is 12.1 Å². The van der Waals surface area contributed by atoms with Gasteiger partial charge in [-0.25, -0.2) is 4.98 Å². The van der Waals surface area contributed by atoms with Crippen molar-refractivity contribution in [3.8, 4) is 22.9 Å². The van der Waals surface area contributed by atoms with Gasteiger partial charge in [0.25, 0.3) is 5.56 Å². The van der Waals surface area contributed by atoms with E-state index in [2.05, 4.69) is 0 Å². The molecule has 1 heterocycles. The number of hydrogen-bond donors (Lipinski definition) is 0. The van der Waals surface area contributed by atoms with E-state index >= 15 is 0 Å². The van der Waals surface area contributed by atoms with Gasteiger partial charge in [-0.15, -0.1) is 0 Å². The molecule has 0 spiro atoms. The van der Waals surface area contributed by atoms with Gasteiger partial charge in [0.2, 0.25) is 5.75 Å². The lowest BCUT2D eigenvalue weighted by molar-refractivity contribution is 0.102. The van der Waals surface area contributed by atoms with Crippen molar-refractivity contribution in [3.63, 3.8) is 0 Å². The molecule has 3 aromatic carbocycles. The van der Waals surface area contributed by atoms with Gasteiger partial charge in [-0.3, -0.25) is 14.2 Å². The minimum absolute atomic E-state index is 0.0572. The number of rotatable bonds is 8. The Morgan fingerprint density at radius 3 is 2.24 bits per heavy atom. The Hall–Kier alpha value is -3.78. The normalized spacial score (nSPS) is 10.8. The van der Waals surface area contributed by atoms with E-state index in [-0.39, 0.29) is 17.1 Å². The summed E-state index contributed by atoms with van der Waals surface area (Å²) in [5.74, 6) is 1.05. The largest absolute Gasteiger partial charge is 0.493 e. The molecule has 0 bridgehead atoms. The third-order valence-electron chi connectivity index (χ3n) is 5.36. The Morgan fingerprint density at radius 2 is 1.62 bits per heavy atom. The van der Waals surface area contributed by atoms with Crippen molar-refractivity contribution in [1.29, 1.82) is 0 Å². The van der Waals surface area contributed by atoms with E-state index in [1.165, 1.54) is 37.7 Å². The molecule has 0 fully saturated rings. The number of carbonyl (C=O) groups excluding carboxylic acids is 1. The molecule has 0 aliphatic heterocycles. The first-order valence-corrected chi connectivity index (χ1v) is 11.5. The fourth-order valence-corrected chi connectivity index (χ4v) is 4.52. The van der Waals surface area contributed by atoms with Gasteiger partial charge < -0.3 is 14.2 Å². The highest BCUT2D eigenvalue weighted by atomic mass is 32.2. The topological polar surface area (TPSA) is 79.7 Å². The Labute approximate surface area is 201 Å². The lowest BCUT2D eigenvalue weighted by atomic mass is 10.1. The number of methoxy groups -OCH3 is 3. The van der Waals surface area contributed by atoms with Crippen molar-refractivity contribution in [2.24, 2.45) is 0 Å². The minimum Gasteiger partial charge on any atom is -0.493 e. The van der Waals surface area contributed by atoms with E-state index in [1.54, 1.807) is 18.2 Å². The van der Waals surface area contributed by atoms with Gasteiger partial charge >= 0.3 is 0 Å². The van der Waals surface area contributed by atoms with E-state index in [0.717, 1.165) is 5.56 Å². The zero-order chi connectivity index (χ0) is 24.2. The van der Waals surface area contributed by atoms with Crippen molar-refractivity contribution in [3.05, 3.63) is 82.1 Å². The number of aryl methyl sites for hydroxylation is 1. The van der Waals surface area contributed by atoms with Gasteiger partial charge in [0.1, 0.15) is 5.52 Å². The molecule has 4 rings (SSSR count). The van der Waals surface area contributed by atoms with Gasteiger partial charge in [0, 0.05) is 5.56 Å². The van der Waals surface area contributed by atoms with Crippen LogP contribution in [-0.4, -0.2) is 42.4 Å². The van der Waals surface area contributed by atoms with Crippen LogP contribution in [0.3, 0.4) is 0 Å². The predicted molar refractivity (Wildman–Crippen MR) is 133 cm³/mol. The quantitative estimate of drug-likeness (QED) is 0.207. The third-order valence-corrected chi connectivity index (χ3v) is 6.29. The standard InChI is InChI=1S/C26H24N2O5S/c1-16-10-12-17(13-11-16)20(29)15-34-26-27-22-19(14-21(31-2)23(32-3)24(22)33-4)25(30)28(26)18-8-6-5-7-9-18/h5-14H,15H2,1-4H3. The summed E-state index contributed by atoms with van der Waals surface area (Å²) in [6, 6.07) is 18.2. The summed E-state index contributed by atoms with van der Waals surface area (Å²) in [6.07, 6.45) is 0. The first-order chi connectivity index (χ1) is 16.5. The Kier molecular flexibility index (Phi) is 6.88. The molecular formula is C26H24N2O5S. The molecule has 0 atom stereocenters. The highest BCUT2D eigenvalue weighted by molar-refractivity contribution is 7.99. The highest BCUT2D eigenvalue weighted by Gasteiger charge is 2.23. The summed E-state index contributed by atoms with van der Waals surface area (Å²) in [5.41, 5.74) is 2.36. The molecule has 0 saturated heterocycles. The van der Waals surface area contributed by atoms with E-state index in [1.807, 2.05) is 49.4 Å². The first kappa shape index (κ1) is 23.4. The molecule has 0 unspecified atom stereocenters. The average molecular weight is 477 g/mol. The highest BCUT2D eigenvalue weighted by Crippen LogP contribution is 2.42. The molecule has 0 radical (unpaired) electrons. The fraction of sp³-hybridized carbons (Fsp3) is 0.192. The molecule has 7 nitrogen and oxygen atoms in total. The summed E-state index contributed by atoms with van der Waals surface area (Å²) >= 11 is 1.20. The lowest BCUT2D eigenvalue weighted by Crippen LogP contribution is -2.22. The van der Waals surface area contributed by atoms with Crippen LogP contribution in [0.2, 0.25) is 0 Å². The minimum atomic E-state index is -0.305. The smallest absolute Gasteiger partial charge is 0.266 e. The number of fused-ring (bicyclic) bond motifs is 1. The Bertz CT molecular complexity index is 1400. The van der Waals surface area contributed by atoms with Crippen molar-refractivity contribution in [2.75, 3.05) is 27.1 Å². The number of benzene rings is 3. The van der Waals surface area contributed by atoms with E-state index in [4.69, 9.17) is 19.2 Å². The molecule has 4 aromatic rings. The molecule has 0 amide bonds. The zero-order valence-electron chi connectivity index (χ0n) is 19.3. The molecular weight excluding hydrogens is 452 g/mol. The molecule has 0 N–H and O–H groups in total. The molecule has 8 heteroatoms. The number of hydrogen-bond acceptors (Lipinski definition) is 7. The van der Waals surface area contributed by atoms with E-state index < -0.39 is 0 Å². The van der Waals surface area contributed by atoms with Crippen LogP contribution in [0, 0.1) is 6.92 Å². The van der Waals surface area contributed by atoms with Gasteiger partial charge in [-0.05, 0) is 25.1 Å². The number of ether oxygens (including phenoxy) is 3. The molecule has 1 aromatic heterocycles. The Morgan fingerprint density at radius 1 is 0.941 bits per heavy atom. The summed E-state index contributed by atoms with van der Waals surface area (Å²) in [5, 5.41) is 0.683. The number of carbonyl (C=O) groups is 1. The molecule has 34 heavy (non-hydrogen) atoms. The van der Waals surface area contributed by atoms with Crippen LogP contribution in [0.25, 0.3) is 16.6 Å². The summed E-state index contributed by atoms with van der Waals surface area (Å²) in [6.45, 7) is 1.97. The maximum absolute atomic E-state index is 13.7. The van der Waals surface area contributed by atoms with Crippen LogP contribution >= 0.6 is 11.8 Å². The fourth-order valence-electron chi connectivity index (χ4n) is 3.62. The third kappa shape index (κ3) is 4.36. The molecule has 0 aliphatic carbocycles. The first-order valence-electron chi connectivity index (χ1n) is 10.5. The number of Topliss-reactive ketones (excluding diaryl/α,β-unsaturated/α-hetero) is 1. The van der Waals surface area contributed by atoms with Gasteiger partial charge in [-0.2, -0.15) is 0 Å². The van der Waals surface area contributed by atoms with Crippen LogP contribution in [0.15, 0.2) is 70.6 Å². The summed E-state index contributed by atoms with van der Waals surface area (Å²) in [4.78, 5) is 31.3.